The van der Waals surface area contributed by atoms with Crippen LogP contribution in [-0.4, -0.2) is 12.1 Å². The maximum Gasteiger partial charge on any atom is 0.302 e. The molecule has 0 unspecified atom stereocenters. The number of carbonyl (C=O) groups is 1. The summed E-state index contributed by atoms with van der Waals surface area (Å²) < 4.78 is 5.81. The van der Waals surface area contributed by atoms with Gasteiger partial charge in [0.15, 0.2) is 0 Å². The van der Waals surface area contributed by atoms with Crippen molar-refractivity contribution in [2.75, 3.05) is 0 Å². The van der Waals surface area contributed by atoms with E-state index in [4.69, 9.17) is 4.74 Å². The third-order valence-electron chi connectivity index (χ3n) is 11.2. The highest BCUT2D eigenvalue weighted by Crippen LogP contribution is 2.67. The Bertz CT molecular complexity index is 889. The van der Waals surface area contributed by atoms with E-state index in [9.17, 15) is 4.79 Å². The number of fused-ring (bicyclic) bond motifs is 5. The SMILES string of the molecule is CC(=O)O[C@H]1CC[C@@]2(C)C(=CC=C3[C@H]2CC[C@@]2(C)[C@H]3CC[C@H]2[C@@H](C)/C=C/[C@@H](C)C(C)C)C1(C)C. The first kappa shape index (κ1) is 25.8. The molecule has 0 saturated heterocycles. The largest absolute Gasteiger partial charge is 0.462 e. The molecule has 4 aliphatic rings. The molecule has 0 aliphatic heterocycles. The minimum absolute atomic E-state index is 0.00939. The summed E-state index contributed by atoms with van der Waals surface area (Å²) in [6.07, 6.45) is 17.4. The highest BCUT2D eigenvalue weighted by Gasteiger charge is 2.59. The smallest absolute Gasteiger partial charge is 0.302 e. The Hall–Kier alpha value is -1.31. The highest BCUT2D eigenvalue weighted by atomic mass is 16.5. The Labute approximate surface area is 209 Å². The maximum atomic E-state index is 11.8. The summed E-state index contributed by atoms with van der Waals surface area (Å²) >= 11 is 0. The normalized spacial score (nSPS) is 40.6. The van der Waals surface area contributed by atoms with Crippen LogP contribution in [0.5, 0.6) is 0 Å². The van der Waals surface area contributed by atoms with E-state index in [1.807, 2.05) is 0 Å². The lowest BCUT2D eigenvalue weighted by Crippen LogP contribution is -2.52. The Balaban J connectivity index is 1.61. The quantitative estimate of drug-likeness (QED) is 0.300. The summed E-state index contributed by atoms with van der Waals surface area (Å²) in [4.78, 5) is 11.8. The van der Waals surface area contributed by atoms with Crippen LogP contribution >= 0.6 is 0 Å². The molecule has 0 radical (unpaired) electrons. The minimum Gasteiger partial charge on any atom is -0.462 e. The summed E-state index contributed by atoms with van der Waals surface area (Å²) in [6.45, 7) is 20.8. The standard InChI is InChI=1S/C32H50O2/c1-20(2)21(3)10-11-22(4)25-13-14-26-24-12-15-28-30(6,7)29(34-23(5)33)17-19-32(28,9)27(24)16-18-31(25,26)8/h10-12,15,20-22,25-27,29H,13-14,16-19H2,1-9H3/b11-10+/t21-,22+,25+,26+,27-,29+,31-,32-/m1/s1. The van der Waals surface area contributed by atoms with E-state index in [0.717, 1.165) is 24.7 Å². The van der Waals surface area contributed by atoms with E-state index >= 15 is 0 Å². The van der Waals surface area contributed by atoms with Gasteiger partial charge in [-0.2, -0.15) is 0 Å². The van der Waals surface area contributed by atoms with Crippen LogP contribution in [0, 0.1) is 51.8 Å². The van der Waals surface area contributed by atoms with E-state index in [2.05, 4.69) is 79.7 Å². The predicted octanol–water partition coefficient (Wildman–Crippen LogP) is 8.54. The average Bonchev–Trinajstić information content (AvgIpc) is 3.11. The van der Waals surface area contributed by atoms with Crippen LogP contribution in [0.1, 0.15) is 101 Å². The van der Waals surface area contributed by atoms with Crippen molar-refractivity contribution < 1.29 is 9.53 Å². The van der Waals surface area contributed by atoms with Gasteiger partial charge in [0.05, 0.1) is 0 Å². The molecule has 0 aromatic rings. The molecular weight excluding hydrogens is 416 g/mol. The van der Waals surface area contributed by atoms with Gasteiger partial charge < -0.3 is 4.74 Å². The molecule has 2 heteroatoms. The van der Waals surface area contributed by atoms with Gasteiger partial charge in [-0.25, -0.2) is 0 Å². The molecule has 4 aliphatic carbocycles. The molecule has 4 rings (SSSR count). The minimum atomic E-state index is -0.147. The van der Waals surface area contributed by atoms with Crippen molar-refractivity contribution in [3.63, 3.8) is 0 Å². The number of hydrogen-bond acceptors (Lipinski definition) is 2. The molecular formula is C32H50O2. The Morgan fingerprint density at radius 1 is 0.941 bits per heavy atom. The zero-order valence-electron chi connectivity index (χ0n) is 23.4. The Morgan fingerprint density at radius 3 is 2.29 bits per heavy atom. The van der Waals surface area contributed by atoms with Gasteiger partial charge in [0.1, 0.15) is 6.10 Å². The van der Waals surface area contributed by atoms with Crippen LogP contribution in [0.15, 0.2) is 35.5 Å². The maximum absolute atomic E-state index is 11.8. The first-order valence-electron chi connectivity index (χ1n) is 14.1. The van der Waals surface area contributed by atoms with Gasteiger partial charge in [0.25, 0.3) is 0 Å². The summed E-state index contributed by atoms with van der Waals surface area (Å²) in [5.41, 5.74) is 3.77. The van der Waals surface area contributed by atoms with Gasteiger partial charge in [-0.3, -0.25) is 4.79 Å². The third-order valence-corrected chi connectivity index (χ3v) is 11.2. The van der Waals surface area contributed by atoms with Crippen molar-refractivity contribution in [1.82, 2.24) is 0 Å². The molecule has 0 N–H and O–H groups in total. The highest BCUT2D eigenvalue weighted by molar-refractivity contribution is 5.66. The van der Waals surface area contributed by atoms with Crippen LogP contribution in [-0.2, 0) is 9.53 Å². The monoisotopic (exact) mass is 466 g/mol. The van der Waals surface area contributed by atoms with Crippen LogP contribution in [0.25, 0.3) is 0 Å². The van der Waals surface area contributed by atoms with Crippen LogP contribution < -0.4 is 0 Å². The molecule has 0 bridgehead atoms. The van der Waals surface area contributed by atoms with E-state index < -0.39 is 0 Å². The van der Waals surface area contributed by atoms with Crippen LogP contribution in [0.2, 0.25) is 0 Å². The van der Waals surface area contributed by atoms with Crippen LogP contribution in [0.4, 0.5) is 0 Å². The van der Waals surface area contributed by atoms with Crippen LogP contribution in [0.3, 0.4) is 0 Å². The molecule has 0 aromatic heterocycles. The van der Waals surface area contributed by atoms with E-state index in [-0.39, 0.29) is 22.9 Å². The van der Waals surface area contributed by atoms with Gasteiger partial charge in [0.2, 0.25) is 0 Å². The van der Waals surface area contributed by atoms with E-state index in [1.54, 1.807) is 12.5 Å². The number of ether oxygens (including phenoxy) is 1. The molecule has 190 valence electrons. The van der Waals surface area contributed by atoms with Crippen molar-refractivity contribution in [2.24, 2.45) is 51.8 Å². The molecule has 3 saturated carbocycles. The Morgan fingerprint density at radius 2 is 1.65 bits per heavy atom. The number of hydrogen-bond donors (Lipinski definition) is 0. The number of allylic oxidation sites excluding steroid dienone is 5. The summed E-state index contributed by atoms with van der Waals surface area (Å²) in [6, 6.07) is 0. The van der Waals surface area contributed by atoms with E-state index in [0.29, 0.717) is 29.1 Å². The summed E-state index contributed by atoms with van der Waals surface area (Å²) in [5, 5.41) is 0. The fraction of sp³-hybridized carbons (Fsp3) is 0.781. The van der Waals surface area contributed by atoms with Gasteiger partial charge in [0, 0.05) is 12.3 Å². The second-order valence-electron chi connectivity index (χ2n) is 13.7. The van der Waals surface area contributed by atoms with Crippen molar-refractivity contribution >= 4 is 5.97 Å². The second-order valence-corrected chi connectivity index (χ2v) is 13.7. The first-order chi connectivity index (χ1) is 15.8. The van der Waals surface area contributed by atoms with Crippen molar-refractivity contribution in [3.05, 3.63) is 35.5 Å². The zero-order chi connectivity index (χ0) is 25.1. The van der Waals surface area contributed by atoms with Gasteiger partial charge in [-0.05, 0) is 84.9 Å². The molecule has 0 heterocycles. The molecule has 2 nitrogen and oxygen atoms in total. The number of rotatable bonds is 5. The molecule has 0 spiro atoms. The molecule has 34 heavy (non-hydrogen) atoms. The Kier molecular flexibility index (Phi) is 6.80. The van der Waals surface area contributed by atoms with Crippen molar-refractivity contribution in [1.29, 1.82) is 0 Å². The third kappa shape index (κ3) is 4.05. The lowest BCUT2D eigenvalue weighted by atomic mass is 9.47. The van der Waals surface area contributed by atoms with E-state index in [1.165, 1.54) is 31.3 Å². The number of carbonyl (C=O) groups excluding carboxylic acids is 1. The average molecular weight is 467 g/mol. The predicted molar refractivity (Wildman–Crippen MR) is 142 cm³/mol. The van der Waals surface area contributed by atoms with Gasteiger partial charge >= 0.3 is 5.97 Å². The first-order valence-corrected chi connectivity index (χ1v) is 14.1. The lowest BCUT2D eigenvalue weighted by Gasteiger charge is -2.58. The zero-order valence-corrected chi connectivity index (χ0v) is 23.4. The molecule has 3 fully saturated rings. The van der Waals surface area contributed by atoms with Gasteiger partial charge in [-0.15, -0.1) is 0 Å². The fourth-order valence-electron chi connectivity index (χ4n) is 8.71. The second kappa shape index (κ2) is 8.97. The number of esters is 1. The summed E-state index contributed by atoms with van der Waals surface area (Å²) in [7, 11) is 0. The summed E-state index contributed by atoms with van der Waals surface area (Å²) in [5.74, 6) is 4.01. The van der Waals surface area contributed by atoms with Gasteiger partial charge in [-0.1, -0.05) is 90.8 Å². The molecule has 0 aromatic carbocycles. The fourth-order valence-corrected chi connectivity index (χ4v) is 8.71. The molecule has 8 atom stereocenters. The topological polar surface area (TPSA) is 26.3 Å². The molecule has 0 amide bonds. The van der Waals surface area contributed by atoms with Crippen molar-refractivity contribution in [2.45, 2.75) is 107 Å². The van der Waals surface area contributed by atoms with Crippen molar-refractivity contribution in [3.8, 4) is 0 Å². The lowest BCUT2D eigenvalue weighted by molar-refractivity contribution is -0.155.